The highest BCUT2D eigenvalue weighted by Crippen LogP contribution is 2.38. The second-order valence-electron chi connectivity index (χ2n) is 7.38. The molecule has 30 heavy (non-hydrogen) atoms. The van der Waals surface area contributed by atoms with Crippen molar-refractivity contribution in [3.8, 4) is 11.5 Å². The van der Waals surface area contributed by atoms with E-state index in [9.17, 15) is 4.79 Å². The average Bonchev–Trinajstić information content (AvgIpc) is 3.22. The van der Waals surface area contributed by atoms with Crippen LogP contribution in [0.1, 0.15) is 37.9 Å². The van der Waals surface area contributed by atoms with Gasteiger partial charge in [-0.2, -0.15) is 0 Å². The van der Waals surface area contributed by atoms with E-state index in [4.69, 9.17) is 4.42 Å². The summed E-state index contributed by atoms with van der Waals surface area (Å²) in [6.45, 7) is 6.06. The molecule has 0 aliphatic heterocycles. The van der Waals surface area contributed by atoms with Gasteiger partial charge in [-0.3, -0.25) is 4.79 Å². The fourth-order valence-electron chi connectivity index (χ4n) is 3.05. The van der Waals surface area contributed by atoms with Crippen molar-refractivity contribution in [1.29, 1.82) is 0 Å². The molecule has 0 fully saturated rings. The van der Waals surface area contributed by atoms with Crippen LogP contribution in [-0.2, 0) is 0 Å². The van der Waals surface area contributed by atoms with Crippen LogP contribution in [0.4, 0.5) is 0 Å². The highest BCUT2D eigenvalue weighted by atomic mass is 32.2. The lowest BCUT2D eigenvalue weighted by molar-refractivity contribution is 0.0989. The standard InChI is InChI=1S/C25H22N2O2S/c1-16-4-10-19(11-5-16)22(28)23(20-12-6-17(2)7-13-20)30-25-27-26-24(29-25)21-14-8-18(3)9-15-21/h4-15,23H,1-3H3/t23-/m0/s1. The van der Waals surface area contributed by atoms with Crippen molar-refractivity contribution >= 4 is 17.5 Å². The Balaban J connectivity index is 1.64. The van der Waals surface area contributed by atoms with Gasteiger partial charge in [-0.1, -0.05) is 77.4 Å². The van der Waals surface area contributed by atoms with Crippen LogP contribution in [0.3, 0.4) is 0 Å². The number of rotatable bonds is 6. The molecule has 0 amide bonds. The highest BCUT2D eigenvalue weighted by molar-refractivity contribution is 8.00. The van der Waals surface area contributed by atoms with Crippen molar-refractivity contribution in [3.63, 3.8) is 0 Å². The first kappa shape index (κ1) is 20.1. The molecule has 4 nitrogen and oxygen atoms in total. The zero-order valence-electron chi connectivity index (χ0n) is 17.1. The Morgan fingerprint density at radius 1 is 0.767 bits per heavy atom. The molecule has 4 rings (SSSR count). The smallest absolute Gasteiger partial charge is 0.277 e. The van der Waals surface area contributed by atoms with Crippen molar-refractivity contribution < 1.29 is 9.21 Å². The van der Waals surface area contributed by atoms with E-state index in [1.807, 2.05) is 93.6 Å². The van der Waals surface area contributed by atoms with Crippen molar-refractivity contribution in [2.24, 2.45) is 0 Å². The summed E-state index contributed by atoms with van der Waals surface area (Å²) in [6.07, 6.45) is 0. The maximum atomic E-state index is 13.3. The van der Waals surface area contributed by atoms with Gasteiger partial charge in [0.05, 0.1) is 0 Å². The number of hydrogen-bond donors (Lipinski definition) is 0. The minimum Gasteiger partial charge on any atom is -0.411 e. The van der Waals surface area contributed by atoms with Crippen LogP contribution in [0.15, 0.2) is 82.4 Å². The lowest BCUT2D eigenvalue weighted by Crippen LogP contribution is -2.10. The van der Waals surface area contributed by atoms with E-state index >= 15 is 0 Å². The Kier molecular flexibility index (Phi) is 5.81. The maximum Gasteiger partial charge on any atom is 0.277 e. The van der Waals surface area contributed by atoms with E-state index in [0.29, 0.717) is 16.7 Å². The van der Waals surface area contributed by atoms with Crippen molar-refractivity contribution in [2.75, 3.05) is 0 Å². The predicted octanol–water partition coefficient (Wildman–Crippen LogP) is 6.38. The predicted molar refractivity (Wildman–Crippen MR) is 120 cm³/mol. The molecule has 0 N–H and O–H groups in total. The summed E-state index contributed by atoms with van der Waals surface area (Å²) >= 11 is 1.28. The number of aryl methyl sites for hydroxylation is 3. The summed E-state index contributed by atoms with van der Waals surface area (Å²) in [7, 11) is 0. The van der Waals surface area contributed by atoms with E-state index in [2.05, 4.69) is 10.2 Å². The molecular formula is C25H22N2O2S. The summed E-state index contributed by atoms with van der Waals surface area (Å²) in [4.78, 5) is 13.3. The third-order valence-electron chi connectivity index (χ3n) is 4.88. The van der Waals surface area contributed by atoms with E-state index in [1.165, 1.54) is 11.8 Å². The fraction of sp³-hybridized carbons (Fsp3) is 0.160. The summed E-state index contributed by atoms with van der Waals surface area (Å²) in [5.41, 5.74) is 5.85. The third-order valence-corrected chi connectivity index (χ3v) is 5.97. The van der Waals surface area contributed by atoms with Gasteiger partial charge in [0.15, 0.2) is 5.78 Å². The van der Waals surface area contributed by atoms with Crippen LogP contribution >= 0.6 is 11.8 Å². The molecule has 0 radical (unpaired) electrons. The number of benzene rings is 3. The van der Waals surface area contributed by atoms with Gasteiger partial charge in [-0.15, -0.1) is 10.2 Å². The van der Waals surface area contributed by atoms with Crippen LogP contribution in [0.25, 0.3) is 11.5 Å². The molecule has 0 aliphatic carbocycles. The maximum absolute atomic E-state index is 13.3. The molecular weight excluding hydrogens is 392 g/mol. The first-order valence-corrected chi connectivity index (χ1v) is 10.6. The van der Waals surface area contributed by atoms with Gasteiger partial charge in [0, 0.05) is 11.1 Å². The Morgan fingerprint density at radius 2 is 1.30 bits per heavy atom. The molecule has 0 bridgehead atoms. The van der Waals surface area contributed by atoms with Gasteiger partial charge in [-0.25, -0.2) is 0 Å². The molecule has 1 atom stereocenters. The monoisotopic (exact) mass is 414 g/mol. The minimum absolute atomic E-state index is 0.0129. The van der Waals surface area contributed by atoms with Crippen LogP contribution in [-0.4, -0.2) is 16.0 Å². The third kappa shape index (κ3) is 4.52. The second-order valence-corrected chi connectivity index (χ2v) is 8.43. The van der Waals surface area contributed by atoms with Crippen LogP contribution in [0.5, 0.6) is 0 Å². The summed E-state index contributed by atoms with van der Waals surface area (Å²) in [5.74, 6) is 0.460. The first-order valence-electron chi connectivity index (χ1n) is 9.74. The van der Waals surface area contributed by atoms with E-state index in [-0.39, 0.29) is 5.78 Å². The summed E-state index contributed by atoms with van der Waals surface area (Å²) in [6, 6.07) is 23.5. The topological polar surface area (TPSA) is 56.0 Å². The number of thioether (sulfide) groups is 1. The Bertz CT molecular complexity index is 1150. The second kappa shape index (κ2) is 8.67. The zero-order valence-corrected chi connectivity index (χ0v) is 17.9. The van der Waals surface area contributed by atoms with Crippen LogP contribution in [0.2, 0.25) is 0 Å². The summed E-state index contributed by atoms with van der Waals surface area (Å²) < 4.78 is 5.88. The van der Waals surface area contributed by atoms with Gasteiger partial charge >= 0.3 is 0 Å². The number of carbonyl (C=O) groups excluding carboxylic acids is 1. The van der Waals surface area contributed by atoms with Crippen molar-refractivity contribution in [3.05, 3.63) is 101 Å². The van der Waals surface area contributed by atoms with E-state index in [0.717, 1.165) is 27.8 Å². The van der Waals surface area contributed by atoms with E-state index in [1.54, 1.807) is 0 Å². The number of aromatic nitrogens is 2. The molecule has 1 aromatic heterocycles. The molecule has 1 heterocycles. The van der Waals surface area contributed by atoms with Gasteiger partial charge in [0.2, 0.25) is 5.89 Å². The molecule has 0 aliphatic rings. The molecule has 5 heteroatoms. The molecule has 0 unspecified atom stereocenters. The normalized spacial score (nSPS) is 12.0. The summed E-state index contributed by atoms with van der Waals surface area (Å²) in [5, 5.41) is 8.25. The number of ketones is 1. The lowest BCUT2D eigenvalue weighted by atomic mass is 10.0. The minimum atomic E-state index is -0.473. The molecule has 0 saturated carbocycles. The molecule has 4 aromatic rings. The Labute approximate surface area is 180 Å². The number of nitrogens with zero attached hydrogens (tertiary/aromatic N) is 2. The SMILES string of the molecule is Cc1ccc(C(=O)[C@@H](Sc2nnc(-c3ccc(C)cc3)o2)c2ccc(C)cc2)cc1. The molecule has 0 saturated heterocycles. The fourth-order valence-corrected chi connectivity index (χ4v) is 4.01. The van der Waals surface area contributed by atoms with Crippen molar-refractivity contribution in [2.45, 2.75) is 31.2 Å². The van der Waals surface area contributed by atoms with Crippen molar-refractivity contribution in [1.82, 2.24) is 10.2 Å². The number of hydrogen-bond acceptors (Lipinski definition) is 5. The largest absolute Gasteiger partial charge is 0.411 e. The van der Waals surface area contributed by atoms with Crippen LogP contribution in [0, 0.1) is 20.8 Å². The van der Waals surface area contributed by atoms with Gasteiger partial charge < -0.3 is 4.42 Å². The Hall–Kier alpha value is -3.18. The van der Waals surface area contributed by atoms with E-state index < -0.39 is 5.25 Å². The highest BCUT2D eigenvalue weighted by Gasteiger charge is 2.26. The van der Waals surface area contributed by atoms with Gasteiger partial charge in [-0.05, 0) is 50.2 Å². The molecule has 0 spiro atoms. The lowest BCUT2D eigenvalue weighted by Gasteiger charge is -2.14. The quantitative estimate of drug-likeness (QED) is 0.271. The van der Waals surface area contributed by atoms with Gasteiger partial charge in [0.1, 0.15) is 5.25 Å². The molecule has 150 valence electrons. The average molecular weight is 415 g/mol. The Morgan fingerprint density at radius 3 is 1.90 bits per heavy atom. The van der Waals surface area contributed by atoms with Crippen LogP contribution < -0.4 is 0 Å². The number of Topliss-reactive ketones (excluding diaryl/α,β-unsaturated/α-hetero) is 1. The number of carbonyl (C=O) groups is 1. The van der Waals surface area contributed by atoms with Gasteiger partial charge in [0.25, 0.3) is 5.22 Å². The first-order chi connectivity index (χ1) is 14.5. The zero-order chi connectivity index (χ0) is 21.1. The molecule has 3 aromatic carbocycles.